The molecule has 2 heteroatoms. The van der Waals surface area contributed by atoms with E-state index in [-0.39, 0.29) is 0 Å². The van der Waals surface area contributed by atoms with Gasteiger partial charge in [0.2, 0.25) is 0 Å². The van der Waals surface area contributed by atoms with Crippen LogP contribution in [0.25, 0.3) is 6.08 Å². The van der Waals surface area contributed by atoms with Crippen LogP contribution < -0.4 is 0 Å². The molecule has 0 saturated heterocycles. The Hall–Kier alpha value is -0.380. The van der Waals surface area contributed by atoms with Crippen LogP contribution in [0, 0.1) is 0 Å². The van der Waals surface area contributed by atoms with Gasteiger partial charge in [0.1, 0.15) is 0 Å². The van der Waals surface area contributed by atoms with E-state index in [1.165, 1.54) is 0 Å². The molecule has 0 aliphatic heterocycles. The van der Waals surface area contributed by atoms with Crippen LogP contribution >= 0.6 is 22.6 Å². The minimum atomic E-state index is 1.01. The van der Waals surface area contributed by atoms with Gasteiger partial charge in [0.05, 0.1) is 0 Å². The van der Waals surface area contributed by atoms with E-state index in [1.807, 2.05) is 16.4 Å². The van der Waals surface area contributed by atoms with Gasteiger partial charge in [-0.2, -0.15) is 0 Å². The average molecular weight is 259 g/mol. The molecule has 0 bridgehead atoms. The molecule has 0 atom stereocenters. The number of pyridine rings is 1. The smallest absolute Gasteiger partial charge is 0.0401 e. The van der Waals surface area contributed by atoms with Gasteiger partial charge in [-0.05, 0) is 28.2 Å². The Kier molecular flexibility index (Phi) is 3.56. The van der Waals surface area contributed by atoms with E-state index in [4.69, 9.17) is 0 Å². The van der Waals surface area contributed by atoms with Crippen molar-refractivity contribution in [2.24, 2.45) is 0 Å². The molecule has 0 radical (unpaired) electrons. The minimum absolute atomic E-state index is 1.01. The van der Waals surface area contributed by atoms with Gasteiger partial charge in [-0.15, -0.1) is 0 Å². The summed E-state index contributed by atoms with van der Waals surface area (Å²) in [5, 5.41) is 0. The molecule has 1 aromatic rings. The van der Waals surface area contributed by atoms with E-state index in [9.17, 15) is 0 Å². The lowest BCUT2D eigenvalue weighted by atomic mass is 10.2. The molecule has 1 nitrogen and oxygen atoms in total. The number of hydrogen-bond acceptors (Lipinski definition) is 1. The summed E-state index contributed by atoms with van der Waals surface area (Å²) < 4.78 is 1.99. The normalized spacial score (nSPS) is 10.7. The quantitative estimate of drug-likeness (QED) is 0.744. The summed E-state index contributed by atoms with van der Waals surface area (Å²) in [5.41, 5.74) is 2.31. The number of nitrogens with zero attached hydrogens (tertiary/aromatic N) is 1. The standard InChI is InChI=1S/C9H10IN/c1-2-9-4-3-8(5-6-10)7-11-9/h3-7H,2H2,1H3/b6-5+. The summed E-state index contributed by atoms with van der Waals surface area (Å²) in [6.45, 7) is 2.11. The zero-order valence-corrected chi connectivity index (χ0v) is 8.58. The summed E-state index contributed by atoms with van der Waals surface area (Å²) in [7, 11) is 0. The van der Waals surface area contributed by atoms with Gasteiger partial charge in [-0.3, -0.25) is 4.98 Å². The van der Waals surface area contributed by atoms with Crippen molar-refractivity contribution in [1.29, 1.82) is 0 Å². The molecular weight excluding hydrogens is 249 g/mol. The topological polar surface area (TPSA) is 12.9 Å². The fourth-order valence-corrected chi connectivity index (χ4v) is 1.23. The minimum Gasteiger partial charge on any atom is -0.261 e. The molecule has 0 amide bonds. The average Bonchev–Trinajstić information content (AvgIpc) is 2.07. The van der Waals surface area contributed by atoms with Crippen molar-refractivity contribution in [3.8, 4) is 0 Å². The molecule has 0 spiro atoms. The van der Waals surface area contributed by atoms with Gasteiger partial charge in [0.15, 0.2) is 0 Å². The first-order valence-corrected chi connectivity index (χ1v) is 4.83. The largest absolute Gasteiger partial charge is 0.261 e. The maximum Gasteiger partial charge on any atom is 0.0401 e. The van der Waals surface area contributed by atoms with Gasteiger partial charge in [0, 0.05) is 11.9 Å². The molecule has 0 aromatic carbocycles. The molecule has 1 rings (SSSR count). The van der Waals surface area contributed by atoms with E-state index in [2.05, 4.69) is 46.6 Å². The predicted molar refractivity (Wildman–Crippen MR) is 56.7 cm³/mol. The summed E-state index contributed by atoms with van der Waals surface area (Å²) in [5.74, 6) is 0. The summed E-state index contributed by atoms with van der Waals surface area (Å²) in [4.78, 5) is 4.26. The third-order valence-electron chi connectivity index (χ3n) is 1.47. The van der Waals surface area contributed by atoms with E-state index in [1.54, 1.807) is 0 Å². The van der Waals surface area contributed by atoms with Crippen molar-refractivity contribution in [3.05, 3.63) is 33.7 Å². The fraction of sp³-hybridized carbons (Fsp3) is 0.222. The van der Waals surface area contributed by atoms with E-state index in [0.717, 1.165) is 17.7 Å². The molecule has 0 fully saturated rings. The van der Waals surface area contributed by atoms with Gasteiger partial charge < -0.3 is 0 Å². The monoisotopic (exact) mass is 259 g/mol. The zero-order chi connectivity index (χ0) is 8.10. The van der Waals surface area contributed by atoms with Crippen LogP contribution in [0.4, 0.5) is 0 Å². The molecular formula is C9H10IN. The molecule has 0 unspecified atom stereocenters. The van der Waals surface area contributed by atoms with E-state index in [0.29, 0.717) is 0 Å². The lowest BCUT2D eigenvalue weighted by molar-refractivity contribution is 1.03. The maximum atomic E-state index is 4.26. The zero-order valence-electron chi connectivity index (χ0n) is 6.42. The van der Waals surface area contributed by atoms with Crippen LogP contribution in [0.1, 0.15) is 18.2 Å². The molecule has 1 heterocycles. The van der Waals surface area contributed by atoms with Crippen molar-refractivity contribution in [1.82, 2.24) is 4.98 Å². The summed E-state index contributed by atoms with van der Waals surface area (Å²) in [6, 6.07) is 4.15. The third kappa shape index (κ3) is 2.61. The lowest BCUT2D eigenvalue weighted by Crippen LogP contribution is -1.85. The first kappa shape index (κ1) is 8.71. The van der Waals surface area contributed by atoms with Crippen LogP contribution in [-0.2, 0) is 6.42 Å². The molecule has 11 heavy (non-hydrogen) atoms. The highest BCUT2D eigenvalue weighted by Gasteiger charge is 1.88. The first-order chi connectivity index (χ1) is 5.36. The van der Waals surface area contributed by atoms with Crippen molar-refractivity contribution in [2.75, 3.05) is 0 Å². The summed E-state index contributed by atoms with van der Waals surface area (Å²) >= 11 is 2.20. The van der Waals surface area contributed by atoms with Gasteiger partial charge in [-0.1, -0.05) is 35.6 Å². The highest BCUT2D eigenvalue weighted by Crippen LogP contribution is 2.04. The van der Waals surface area contributed by atoms with Crippen LogP contribution in [0.15, 0.2) is 22.4 Å². The number of rotatable bonds is 2. The summed E-state index contributed by atoms with van der Waals surface area (Å²) in [6.07, 6.45) is 4.94. The second-order valence-corrected chi connectivity index (χ2v) is 2.95. The second-order valence-electron chi connectivity index (χ2n) is 2.23. The Bertz CT molecular complexity index is 238. The first-order valence-electron chi connectivity index (χ1n) is 3.58. The Morgan fingerprint density at radius 2 is 2.36 bits per heavy atom. The van der Waals surface area contributed by atoms with Crippen molar-refractivity contribution in [2.45, 2.75) is 13.3 Å². The molecule has 58 valence electrons. The molecule has 0 N–H and O–H groups in total. The second kappa shape index (κ2) is 4.49. The van der Waals surface area contributed by atoms with Crippen LogP contribution in [0.3, 0.4) is 0 Å². The molecule has 0 aliphatic carbocycles. The maximum absolute atomic E-state index is 4.26. The van der Waals surface area contributed by atoms with Crippen LogP contribution in [0.5, 0.6) is 0 Å². The number of halogens is 1. The number of aryl methyl sites for hydroxylation is 1. The van der Waals surface area contributed by atoms with Gasteiger partial charge in [0.25, 0.3) is 0 Å². The molecule has 1 aromatic heterocycles. The van der Waals surface area contributed by atoms with E-state index >= 15 is 0 Å². The van der Waals surface area contributed by atoms with Crippen LogP contribution in [-0.4, -0.2) is 4.98 Å². The lowest BCUT2D eigenvalue weighted by Gasteiger charge is -1.94. The molecule has 0 saturated carbocycles. The highest BCUT2D eigenvalue weighted by atomic mass is 127. The molecule has 0 aliphatic rings. The Labute approximate surface area is 80.7 Å². The van der Waals surface area contributed by atoms with Crippen molar-refractivity contribution in [3.63, 3.8) is 0 Å². The number of hydrogen-bond donors (Lipinski definition) is 0. The van der Waals surface area contributed by atoms with E-state index < -0.39 is 0 Å². The van der Waals surface area contributed by atoms with Gasteiger partial charge in [-0.25, -0.2) is 0 Å². The fourth-order valence-electron chi connectivity index (χ4n) is 0.816. The van der Waals surface area contributed by atoms with Gasteiger partial charge >= 0.3 is 0 Å². The van der Waals surface area contributed by atoms with Crippen molar-refractivity contribution >= 4 is 28.7 Å². The third-order valence-corrected chi connectivity index (χ3v) is 1.82. The van der Waals surface area contributed by atoms with Crippen LogP contribution in [0.2, 0.25) is 0 Å². The Morgan fingerprint density at radius 1 is 1.55 bits per heavy atom. The SMILES string of the molecule is CCc1ccc(/C=C/I)cn1. The predicted octanol–water partition coefficient (Wildman–Crippen LogP) is 3.05. The Balaban J connectivity index is 2.82. The number of aromatic nitrogens is 1. The van der Waals surface area contributed by atoms with Crippen molar-refractivity contribution < 1.29 is 0 Å². The Morgan fingerprint density at radius 3 is 2.82 bits per heavy atom. The highest BCUT2D eigenvalue weighted by molar-refractivity contribution is 14.1.